The van der Waals surface area contributed by atoms with E-state index in [9.17, 15) is 0 Å². The molecule has 1 fully saturated rings. The van der Waals surface area contributed by atoms with Crippen LogP contribution < -0.4 is 10.2 Å². The van der Waals surface area contributed by atoms with E-state index >= 15 is 0 Å². The Bertz CT molecular complexity index is 517. The van der Waals surface area contributed by atoms with E-state index in [-0.39, 0.29) is 24.0 Å². The first-order valence-electron chi connectivity index (χ1n) is 8.02. The molecule has 0 amide bonds. The van der Waals surface area contributed by atoms with Crippen molar-refractivity contribution in [2.45, 2.75) is 19.3 Å². The van der Waals surface area contributed by atoms with E-state index in [0.717, 1.165) is 31.4 Å². The smallest absolute Gasteiger partial charge is 0.198 e. The molecule has 3 rings (SSSR count). The molecule has 1 aromatic carbocycles. The van der Waals surface area contributed by atoms with Gasteiger partial charge in [-0.05, 0) is 50.4 Å². The van der Waals surface area contributed by atoms with Gasteiger partial charge in [0, 0.05) is 32.4 Å². The number of halogens is 1. The van der Waals surface area contributed by atoms with Gasteiger partial charge in [0.05, 0.1) is 0 Å². The summed E-state index contributed by atoms with van der Waals surface area (Å²) < 4.78 is 0. The molecule has 4 nitrogen and oxygen atoms in total. The van der Waals surface area contributed by atoms with Crippen LogP contribution in [0.5, 0.6) is 0 Å². The summed E-state index contributed by atoms with van der Waals surface area (Å²) in [6.07, 6.45) is 3.75. The highest BCUT2D eigenvalue weighted by Crippen LogP contribution is 2.27. The van der Waals surface area contributed by atoms with Crippen LogP contribution in [0, 0.1) is 5.92 Å². The maximum absolute atomic E-state index is 4.49. The number of fused-ring (bicyclic) bond motifs is 1. The van der Waals surface area contributed by atoms with Gasteiger partial charge in [-0.2, -0.15) is 0 Å². The number of likely N-dealkylation sites (tertiary alicyclic amines) is 1. The normalized spacial score (nSPS) is 22.2. The maximum Gasteiger partial charge on any atom is 0.198 e. The highest BCUT2D eigenvalue weighted by atomic mass is 127. The van der Waals surface area contributed by atoms with Crippen LogP contribution in [0.4, 0.5) is 5.69 Å². The van der Waals surface area contributed by atoms with E-state index in [1.54, 1.807) is 0 Å². The lowest BCUT2D eigenvalue weighted by Crippen LogP contribution is -2.45. The minimum absolute atomic E-state index is 0. The van der Waals surface area contributed by atoms with Gasteiger partial charge in [-0.3, -0.25) is 4.99 Å². The standard InChI is InChI=1S/C17H26N4.HI/c1-18-17(19-12-14-6-5-10-20(2)13-14)21-11-9-15-7-3-4-8-16(15)21;/h3-4,7-8,14H,5-6,9-13H2,1-2H3,(H,18,19);1H. The van der Waals surface area contributed by atoms with Crippen molar-refractivity contribution in [3.05, 3.63) is 29.8 Å². The van der Waals surface area contributed by atoms with E-state index in [0.29, 0.717) is 0 Å². The average molecular weight is 414 g/mol. The van der Waals surface area contributed by atoms with Gasteiger partial charge < -0.3 is 15.1 Å². The molecule has 0 radical (unpaired) electrons. The molecule has 22 heavy (non-hydrogen) atoms. The Morgan fingerprint density at radius 2 is 2.14 bits per heavy atom. The van der Waals surface area contributed by atoms with Crippen molar-refractivity contribution in [3.63, 3.8) is 0 Å². The lowest BCUT2D eigenvalue weighted by atomic mass is 9.98. The van der Waals surface area contributed by atoms with E-state index < -0.39 is 0 Å². The molecule has 0 bridgehead atoms. The number of guanidine groups is 1. The van der Waals surface area contributed by atoms with Crippen molar-refractivity contribution < 1.29 is 0 Å². The third-order valence-electron chi connectivity index (χ3n) is 4.63. The predicted molar refractivity (Wildman–Crippen MR) is 104 cm³/mol. The Balaban J connectivity index is 0.00000176. The number of hydrogen-bond donors (Lipinski definition) is 1. The second-order valence-corrected chi connectivity index (χ2v) is 6.23. The number of anilines is 1. The van der Waals surface area contributed by atoms with Gasteiger partial charge in [0.15, 0.2) is 5.96 Å². The van der Waals surface area contributed by atoms with E-state index in [1.165, 1.54) is 37.2 Å². The fourth-order valence-corrected chi connectivity index (χ4v) is 3.53. The second-order valence-electron chi connectivity index (χ2n) is 6.23. The van der Waals surface area contributed by atoms with Crippen LogP contribution in [0.25, 0.3) is 0 Å². The molecule has 0 spiro atoms. The van der Waals surface area contributed by atoms with Crippen LogP contribution >= 0.6 is 24.0 Å². The SMILES string of the molecule is CN=C(NCC1CCCN(C)C1)N1CCc2ccccc21.I. The summed E-state index contributed by atoms with van der Waals surface area (Å²) >= 11 is 0. The van der Waals surface area contributed by atoms with Crippen LogP contribution in [-0.4, -0.2) is 51.1 Å². The molecule has 2 heterocycles. The van der Waals surface area contributed by atoms with Crippen molar-refractivity contribution in [3.8, 4) is 0 Å². The first-order valence-corrected chi connectivity index (χ1v) is 8.02. The largest absolute Gasteiger partial charge is 0.356 e. The van der Waals surface area contributed by atoms with Crippen molar-refractivity contribution in [2.24, 2.45) is 10.9 Å². The highest BCUT2D eigenvalue weighted by molar-refractivity contribution is 14.0. The number of aliphatic imine (C=N–C) groups is 1. The average Bonchev–Trinajstić information content (AvgIpc) is 2.92. The molecule has 1 atom stereocenters. The number of nitrogens with one attached hydrogen (secondary N) is 1. The van der Waals surface area contributed by atoms with E-state index in [4.69, 9.17) is 0 Å². The first kappa shape index (κ1) is 17.5. The van der Waals surface area contributed by atoms with Gasteiger partial charge in [0.1, 0.15) is 0 Å². The molecule has 2 aliphatic heterocycles. The molecular weight excluding hydrogens is 387 g/mol. The second kappa shape index (κ2) is 8.15. The number of hydrogen-bond acceptors (Lipinski definition) is 2. The molecule has 122 valence electrons. The first-order chi connectivity index (χ1) is 10.3. The quantitative estimate of drug-likeness (QED) is 0.459. The van der Waals surface area contributed by atoms with Crippen LogP contribution in [0.15, 0.2) is 29.3 Å². The van der Waals surface area contributed by atoms with Crippen LogP contribution in [0.2, 0.25) is 0 Å². The third kappa shape index (κ3) is 3.93. The zero-order valence-corrected chi connectivity index (χ0v) is 15.9. The number of piperidine rings is 1. The van der Waals surface area contributed by atoms with Gasteiger partial charge in [0.2, 0.25) is 0 Å². The van der Waals surface area contributed by atoms with E-state index in [1.807, 2.05) is 7.05 Å². The highest BCUT2D eigenvalue weighted by Gasteiger charge is 2.23. The van der Waals surface area contributed by atoms with Crippen LogP contribution in [-0.2, 0) is 6.42 Å². The Morgan fingerprint density at radius 1 is 1.32 bits per heavy atom. The Morgan fingerprint density at radius 3 is 2.91 bits per heavy atom. The fraction of sp³-hybridized carbons (Fsp3) is 0.588. The molecule has 5 heteroatoms. The number of nitrogens with zero attached hydrogens (tertiary/aromatic N) is 3. The molecular formula is C17H27IN4. The zero-order valence-electron chi connectivity index (χ0n) is 13.6. The Hall–Kier alpha value is -0.820. The lowest BCUT2D eigenvalue weighted by molar-refractivity contribution is 0.210. The summed E-state index contributed by atoms with van der Waals surface area (Å²) in [6, 6.07) is 8.65. The van der Waals surface area contributed by atoms with Gasteiger partial charge in [-0.25, -0.2) is 0 Å². The monoisotopic (exact) mass is 414 g/mol. The lowest BCUT2D eigenvalue weighted by Gasteiger charge is -2.31. The van der Waals surface area contributed by atoms with Gasteiger partial charge in [-0.15, -0.1) is 24.0 Å². The molecule has 1 N–H and O–H groups in total. The molecule has 0 saturated carbocycles. The number of rotatable bonds is 2. The van der Waals surface area contributed by atoms with Crippen molar-refractivity contribution >= 4 is 35.6 Å². The van der Waals surface area contributed by atoms with E-state index in [2.05, 4.69) is 51.4 Å². The Kier molecular flexibility index (Phi) is 6.50. The fourth-order valence-electron chi connectivity index (χ4n) is 3.53. The topological polar surface area (TPSA) is 30.9 Å². The summed E-state index contributed by atoms with van der Waals surface area (Å²) in [5.41, 5.74) is 2.74. The molecule has 0 aromatic heterocycles. The number of para-hydroxylation sites is 1. The summed E-state index contributed by atoms with van der Waals surface area (Å²) in [6.45, 7) is 4.49. The third-order valence-corrected chi connectivity index (χ3v) is 4.63. The summed E-state index contributed by atoms with van der Waals surface area (Å²) in [4.78, 5) is 9.25. The van der Waals surface area contributed by atoms with Crippen LogP contribution in [0.1, 0.15) is 18.4 Å². The van der Waals surface area contributed by atoms with Crippen LogP contribution in [0.3, 0.4) is 0 Å². The van der Waals surface area contributed by atoms with Gasteiger partial charge in [0.25, 0.3) is 0 Å². The molecule has 1 saturated heterocycles. The molecule has 1 aromatic rings. The van der Waals surface area contributed by atoms with Crippen molar-refractivity contribution in [1.82, 2.24) is 10.2 Å². The van der Waals surface area contributed by atoms with Gasteiger partial charge >= 0.3 is 0 Å². The zero-order chi connectivity index (χ0) is 14.7. The summed E-state index contributed by atoms with van der Waals surface area (Å²) in [5.74, 6) is 1.76. The molecule has 2 aliphatic rings. The van der Waals surface area contributed by atoms with Gasteiger partial charge in [-0.1, -0.05) is 18.2 Å². The minimum atomic E-state index is 0. The Labute approximate surface area is 151 Å². The molecule has 1 unspecified atom stereocenters. The minimum Gasteiger partial charge on any atom is -0.356 e. The number of benzene rings is 1. The van der Waals surface area contributed by atoms with Crippen molar-refractivity contribution in [2.75, 3.05) is 45.2 Å². The predicted octanol–water partition coefficient (Wildman–Crippen LogP) is 2.58. The summed E-state index contributed by atoms with van der Waals surface area (Å²) in [5, 5.41) is 3.59. The van der Waals surface area contributed by atoms with Crippen molar-refractivity contribution in [1.29, 1.82) is 0 Å². The maximum atomic E-state index is 4.49. The molecule has 0 aliphatic carbocycles. The summed E-state index contributed by atoms with van der Waals surface area (Å²) in [7, 11) is 4.11.